The molecule has 1 aromatic carbocycles. The van der Waals surface area contributed by atoms with Crippen LogP contribution in [0.3, 0.4) is 0 Å². The number of nitrogens with one attached hydrogen (secondary N) is 1. The third kappa shape index (κ3) is 4.06. The van der Waals surface area contributed by atoms with E-state index >= 15 is 0 Å². The highest BCUT2D eigenvalue weighted by Crippen LogP contribution is 2.27. The SMILES string of the molecule is CCNC(CCN1CCCC1CC)c1ccccc1Br. The summed E-state index contributed by atoms with van der Waals surface area (Å²) < 4.78 is 1.22. The molecule has 0 aromatic heterocycles. The Bertz CT molecular complexity index is 408. The molecule has 1 aliphatic rings. The van der Waals surface area contributed by atoms with E-state index in [0.717, 1.165) is 12.6 Å². The summed E-state index contributed by atoms with van der Waals surface area (Å²) in [7, 11) is 0. The highest BCUT2D eigenvalue weighted by Gasteiger charge is 2.23. The van der Waals surface area contributed by atoms with Crippen LogP contribution in [0.25, 0.3) is 0 Å². The number of hydrogen-bond donors (Lipinski definition) is 1. The minimum atomic E-state index is 0.452. The molecular weight excluding hydrogens is 312 g/mol. The molecule has 1 N–H and O–H groups in total. The summed E-state index contributed by atoms with van der Waals surface area (Å²) in [5.74, 6) is 0. The molecule has 2 rings (SSSR count). The van der Waals surface area contributed by atoms with Gasteiger partial charge in [0.25, 0.3) is 0 Å². The third-order valence-corrected chi connectivity index (χ3v) is 5.13. The fourth-order valence-corrected chi connectivity index (χ4v) is 3.88. The van der Waals surface area contributed by atoms with Crippen molar-refractivity contribution >= 4 is 15.9 Å². The summed E-state index contributed by atoms with van der Waals surface area (Å²) in [4.78, 5) is 2.68. The lowest BCUT2D eigenvalue weighted by atomic mass is 10.0. The molecule has 0 amide bonds. The van der Waals surface area contributed by atoms with E-state index in [-0.39, 0.29) is 0 Å². The third-order valence-electron chi connectivity index (χ3n) is 4.41. The lowest BCUT2D eigenvalue weighted by Gasteiger charge is -2.27. The van der Waals surface area contributed by atoms with Crippen molar-refractivity contribution in [3.63, 3.8) is 0 Å². The number of likely N-dealkylation sites (tertiary alicyclic amines) is 1. The first-order chi connectivity index (χ1) is 9.76. The maximum absolute atomic E-state index is 3.69. The summed E-state index contributed by atoms with van der Waals surface area (Å²) in [5.41, 5.74) is 1.39. The first-order valence-electron chi connectivity index (χ1n) is 7.98. The van der Waals surface area contributed by atoms with Crippen LogP contribution in [0.2, 0.25) is 0 Å². The zero-order valence-corrected chi connectivity index (χ0v) is 14.3. The summed E-state index contributed by atoms with van der Waals surface area (Å²) in [6.07, 6.45) is 5.24. The molecule has 112 valence electrons. The van der Waals surface area contributed by atoms with E-state index in [0.29, 0.717) is 6.04 Å². The van der Waals surface area contributed by atoms with Gasteiger partial charge in [0.05, 0.1) is 0 Å². The molecule has 1 heterocycles. The highest BCUT2D eigenvalue weighted by atomic mass is 79.9. The molecule has 20 heavy (non-hydrogen) atoms. The van der Waals surface area contributed by atoms with Gasteiger partial charge in [-0.25, -0.2) is 0 Å². The maximum atomic E-state index is 3.69. The lowest BCUT2D eigenvalue weighted by Crippen LogP contribution is -2.33. The van der Waals surface area contributed by atoms with Crippen LogP contribution >= 0.6 is 15.9 Å². The standard InChI is InChI=1S/C17H27BrN2/c1-3-14-8-7-12-20(14)13-11-17(19-4-2)15-9-5-6-10-16(15)18/h5-6,9-10,14,17,19H,3-4,7-8,11-13H2,1-2H3. The van der Waals surface area contributed by atoms with E-state index in [1.165, 1.54) is 48.8 Å². The van der Waals surface area contributed by atoms with Gasteiger partial charge in [-0.15, -0.1) is 0 Å². The summed E-state index contributed by atoms with van der Waals surface area (Å²) in [6, 6.07) is 9.87. The second kappa shape index (κ2) is 8.16. The van der Waals surface area contributed by atoms with E-state index in [1.807, 2.05) is 0 Å². The van der Waals surface area contributed by atoms with Gasteiger partial charge in [-0.2, -0.15) is 0 Å². The minimum Gasteiger partial charge on any atom is -0.310 e. The van der Waals surface area contributed by atoms with Gasteiger partial charge < -0.3 is 10.2 Å². The van der Waals surface area contributed by atoms with E-state index in [2.05, 4.69) is 64.3 Å². The fourth-order valence-electron chi connectivity index (χ4n) is 3.32. The quantitative estimate of drug-likeness (QED) is 0.794. The molecule has 0 radical (unpaired) electrons. The lowest BCUT2D eigenvalue weighted by molar-refractivity contribution is 0.234. The molecule has 1 fully saturated rings. The predicted molar refractivity (Wildman–Crippen MR) is 90.1 cm³/mol. The Balaban J connectivity index is 1.97. The number of benzene rings is 1. The number of rotatable bonds is 7. The second-order valence-corrected chi connectivity index (χ2v) is 6.52. The Kier molecular flexibility index (Phi) is 6.53. The summed E-state index contributed by atoms with van der Waals surface area (Å²) in [5, 5.41) is 3.64. The van der Waals surface area contributed by atoms with Crippen molar-refractivity contribution in [1.29, 1.82) is 0 Å². The van der Waals surface area contributed by atoms with Gasteiger partial charge >= 0.3 is 0 Å². The normalized spacial score (nSPS) is 21.2. The average Bonchev–Trinajstić information content (AvgIpc) is 2.92. The molecule has 3 heteroatoms. The molecule has 1 saturated heterocycles. The van der Waals surface area contributed by atoms with Crippen LogP contribution in [0.1, 0.15) is 51.1 Å². The number of nitrogens with zero attached hydrogens (tertiary/aromatic N) is 1. The molecule has 0 bridgehead atoms. The van der Waals surface area contributed by atoms with Crippen LogP contribution in [0.4, 0.5) is 0 Å². The van der Waals surface area contributed by atoms with Crippen LogP contribution in [0, 0.1) is 0 Å². The van der Waals surface area contributed by atoms with Gasteiger partial charge in [-0.1, -0.05) is 48.0 Å². The van der Waals surface area contributed by atoms with Crippen molar-refractivity contribution in [3.8, 4) is 0 Å². The molecule has 1 aliphatic heterocycles. The smallest absolute Gasteiger partial charge is 0.0343 e. The van der Waals surface area contributed by atoms with Gasteiger partial charge in [0.15, 0.2) is 0 Å². The van der Waals surface area contributed by atoms with E-state index in [1.54, 1.807) is 0 Å². The van der Waals surface area contributed by atoms with Crippen molar-refractivity contribution in [3.05, 3.63) is 34.3 Å². The molecule has 1 aromatic rings. The van der Waals surface area contributed by atoms with Crippen molar-refractivity contribution in [2.75, 3.05) is 19.6 Å². The van der Waals surface area contributed by atoms with Gasteiger partial charge in [-0.3, -0.25) is 0 Å². The second-order valence-electron chi connectivity index (χ2n) is 5.66. The van der Waals surface area contributed by atoms with E-state index < -0.39 is 0 Å². The Labute approximate surface area is 132 Å². The molecule has 0 aliphatic carbocycles. The van der Waals surface area contributed by atoms with Crippen LogP contribution in [0.15, 0.2) is 28.7 Å². The monoisotopic (exact) mass is 338 g/mol. The molecular formula is C17H27BrN2. The highest BCUT2D eigenvalue weighted by molar-refractivity contribution is 9.10. The van der Waals surface area contributed by atoms with Crippen LogP contribution in [-0.2, 0) is 0 Å². The summed E-state index contributed by atoms with van der Waals surface area (Å²) in [6.45, 7) is 8.01. The minimum absolute atomic E-state index is 0.452. The Morgan fingerprint density at radius 3 is 2.85 bits per heavy atom. The average molecular weight is 339 g/mol. The van der Waals surface area contributed by atoms with Crippen LogP contribution in [-0.4, -0.2) is 30.6 Å². The Morgan fingerprint density at radius 2 is 2.15 bits per heavy atom. The van der Waals surface area contributed by atoms with Gasteiger partial charge in [0.1, 0.15) is 0 Å². The van der Waals surface area contributed by atoms with Crippen molar-refractivity contribution in [1.82, 2.24) is 10.2 Å². The molecule has 2 unspecified atom stereocenters. The largest absolute Gasteiger partial charge is 0.310 e. The maximum Gasteiger partial charge on any atom is 0.0343 e. The van der Waals surface area contributed by atoms with E-state index in [9.17, 15) is 0 Å². The predicted octanol–water partition coefficient (Wildman–Crippen LogP) is 4.36. The van der Waals surface area contributed by atoms with Crippen LogP contribution in [0.5, 0.6) is 0 Å². The Morgan fingerprint density at radius 1 is 1.35 bits per heavy atom. The molecule has 2 atom stereocenters. The molecule has 0 saturated carbocycles. The fraction of sp³-hybridized carbons (Fsp3) is 0.647. The van der Waals surface area contributed by atoms with Crippen LogP contribution < -0.4 is 5.32 Å². The number of hydrogen-bond acceptors (Lipinski definition) is 2. The zero-order valence-electron chi connectivity index (χ0n) is 12.7. The van der Waals surface area contributed by atoms with E-state index in [4.69, 9.17) is 0 Å². The first-order valence-corrected chi connectivity index (χ1v) is 8.77. The van der Waals surface area contributed by atoms with Gasteiger partial charge in [-0.05, 0) is 50.4 Å². The first kappa shape index (κ1) is 16.0. The van der Waals surface area contributed by atoms with Crippen molar-refractivity contribution in [2.24, 2.45) is 0 Å². The molecule has 0 spiro atoms. The number of halogens is 1. The topological polar surface area (TPSA) is 15.3 Å². The zero-order chi connectivity index (χ0) is 14.4. The van der Waals surface area contributed by atoms with Crippen molar-refractivity contribution in [2.45, 2.75) is 51.6 Å². The van der Waals surface area contributed by atoms with Crippen molar-refractivity contribution < 1.29 is 0 Å². The van der Waals surface area contributed by atoms with Gasteiger partial charge in [0, 0.05) is 23.1 Å². The Hall–Kier alpha value is -0.380. The summed E-state index contributed by atoms with van der Waals surface area (Å²) >= 11 is 3.69. The van der Waals surface area contributed by atoms with Gasteiger partial charge in [0.2, 0.25) is 0 Å². The molecule has 2 nitrogen and oxygen atoms in total.